The molecule has 3 aromatic carbocycles. The third kappa shape index (κ3) is 7.14. The van der Waals surface area contributed by atoms with Crippen molar-refractivity contribution in [3.8, 4) is 5.75 Å². The Hall–Kier alpha value is -3.79. The lowest BCUT2D eigenvalue weighted by molar-refractivity contribution is -0.0568. The summed E-state index contributed by atoms with van der Waals surface area (Å²) in [4.78, 5) is 38.3. The van der Waals surface area contributed by atoms with Gasteiger partial charge in [0.2, 0.25) is 5.75 Å². The van der Waals surface area contributed by atoms with E-state index in [-0.39, 0.29) is 40.5 Å². The van der Waals surface area contributed by atoms with Crippen molar-refractivity contribution in [1.82, 2.24) is 14.9 Å². The standard InChI is InChI=1S/C39H49N3O5Si/c1-38(2,3)48(4,5)47-23-22-42(30-26-45-27-30)37(44)34-35(46-25-28-14-7-6-8-15-28)36(43)41-33(40-34)24-39(20-11-12-21-39)32-19-13-17-29-16-9-10-18-31(29)32/h6-10,13-19,30H,11-12,20-27H2,1-5H3,(H,40,41,43). The summed E-state index contributed by atoms with van der Waals surface area (Å²) in [5.74, 6) is 0.129. The second kappa shape index (κ2) is 14.0. The van der Waals surface area contributed by atoms with Crippen LogP contribution in [0, 0.1) is 0 Å². The predicted molar refractivity (Wildman–Crippen MR) is 192 cm³/mol. The number of nitrogens with one attached hydrogen (secondary N) is 1. The number of rotatable bonds is 12. The van der Waals surface area contributed by atoms with Crippen LogP contribution < -0.4 is 10.3 Å². The molecule has 1 saturated heterocycles. The second-order valence-electron chi connectivity index (χ2n) is 15.0. The molecular formula is C39H49N3O5Si. The van der Waals surface area contributed by atoms with E-state index in [2.05, 4.69) is 81.3 Å². The monoisotopic (exact) mass is 667 g/mol. The molecule has 0 bridgehead atoms. The quantitative estimate of drug-likeness (QED) is 0.158. The Labute approximate surface area is 285 Å². The van der Waals surface area contributed by atoms with Crippen molar-refractivity contribution in [3.05, 3.63) is 106 Å². The van der Waals surface area contributed by atoms with Gasteiger partial charge >= 0.3 is 0 Å². The van der Waals surface area contributed by atoms with Gasteiger partial charge in [0.05, 0.1) is 25.9 Å². The molecule has 0 spiro atoms. The Morgan fingerprint density at radius 1 is 1.00 bits per heavy atom. The molecule has 1 aliphatic carbocycles. The summed E-state index contributed by atoms with van der Waals surface area (Å²) in [5, 5.41) is 2.46. The van der Waals surface area contributed by atoms with Crippen LogP contribution in [0.3, 0.4) is 0 Å². The van der Waals surface area contributed by atoms with Gasteiger partial charge in [-0.05, 0) is 52.9 Å². The number of aromatic amines is 1. The van der Waals surface area contributed by atoms with Gasteiger partial charge in [0, 0.05) is 18.4 Å². The molecule has 1 aliphatic heterocycles. The Bertz CT molecular complexity index is 1780. The summed E-state index contributed by atoms with van der Waals surface area (Å²) in [7, 11) is -2.04. The average Bonchev–Trinajstić information content (AvgIpc) is 3.51. The maximum absolute atomic E-state index is 14.6. The molecule has 2 heterocycles. The summed E-state index contributed by atoms with van der Waals surface area (Å²) < 4.78 is 18.2. The number of benzene rings is 3. The fourth-order valence-electron chi connectivity index (χ4n) is 6.81. The highest BCUT2D eigenvalue weighted by Gasteiger charge is 2.40. The zero-order chi connectivity index (χ0) is 33.9. The van der Waals surface area contributed by atoms with Gasteiger partial charge in [-0.3, -0.25) is 9.59 Å². The number of nitrogens with zero attached hydrogens (tertiary/aromatic N) is 2. The maximum atomic E-state index is 14.6. The Balaban J connectivity index is 1.36. The maximum Gasteiger partial charge on any atom is 0.294 e. The van der Waals surface area contributed by atoms with Crippen LogP contribution in [0.5, 0.6) is 5.75 Å². The van der Waals surface area contributed by atoms with Gasteiger partial charge in [-0.25, -0.2) is 4.98 Å². The first kappa shape index (κ1) is 34.1. The summed E-state index contributed by atoms with van der Waals surface area (Å²) >= 11 is 0. The van der Waals surface area contributed by atoms with Crippen LogP contribution in [-0.2, 0) is 27.6 Å². The SMILES string of the molecule is CC(C)(C)[Si](C)(C)OCCN(C(=O)c1nc(CC2(c3cccc4ccccc34)CCCC2)[nH]c(=O)c1OCc1ccccc1)C1COC1. The number of aromatic nitrogens is 2. The number of carbonyl (C=O) groups is 1. The number of fused-ring (bicyclic) bond motifs is 1. The molecule has 0 radical (unpaired) electrons. The van der Waals surface area contributed by atoms with Crippen LogP contribution in [0.1, 0.15) is 73.9 Å². The highest BCUT2D eigenvalue weighted by Crippen LogP contribution is 2.45. The van der Waals surface area contributed by atoms with Gasteiger partial charge in [0.25, 0.3) is 11.5 Å². The van der Waals surface area contributed by atoms with Gasteiger partial charge in [-0.1, -0.05) is 106 Å². The van der Waals surface area contributed by atoms with Crippen LogP contribution in [-0.4, -0.2) is 61.5 Å². The second-order valence-corrected chi connectivity index (χ2v) is 19.8. The molecule has 2 fully saturated rings. The van der Waals surface area contributed by atoms with E-state index in [0.717, 1.165) is 31.2 Å². The molecule has 9 heteroatoms. The van der Waals surface area contributed by atoms with E-state index < -0.39 is 13.9 Å². The van der Waals surface area contributed by atoms with Gasteiger partial charge in [0.1, 0.15) is 12.4 Å². The van der Waals surface area contributed by atoms with Gasteiger partial charge in [-0.15, -0.1) is 0 Å². The molecule has 8 nitrogen and oxygen atoms in total. The number of amides is 1. The van der Waals surface area contributed by atoms with Crippen molar-refractivity contribution in [2.45, 2.75) is 89.1 Å². The number of carbonyl (C=O) groups excluding carboxylic acids is 1. The fourth-order valence-corrected chi connectivity index (χ4v) is 7.84. The van der Waals surface area contributed by atoms with Crippen LogP contribution in [0.15, 0.2) is 77.6 Å². The highest BCUT2D eigenvalue weighted by molar-refractivity contribution is 6.74. The number of hydrogen-bond donors (Lipinski definition) is 1. The van der Waals surface area contributed by atoms with E-state index in [1.807, 2.05) is 30.3 Å². The van der Waals surface area contributed by atoms with Crippen molar-refractivity contribution in [1.29, 1.82) is 0 Å². The molecule has 2 aliphatic rings. The van der Waals surface area contributed by atoms with Crippen LogP contribution in [0.4, 0.5) is 0 Å². The van der Waals surface area contributed by atoms with Gasteiger partial charge in [-0.2, -0.15) is 0 Å². The fraction of sp³-hybridized carbons (Fsp3) is 0.462. The lowest BCUT2D eigenvalue weighted by Gasteiger charge is -2.40. The molecule has 1 saturated carbocycles. The summed E-state index contributed by atoms with van der Waals surface area (Å²) in [6.07, 6.45) is 4.69. The van der Waals surface area contributed by atoms with Crippen molar-refractivity contribution in [3.63, 3.8) is 0 Å². The average molecular weight is 668 g/mol. The smallest absolute Gasteiger partial charge is 0.294 e. The van der Waals surface area contributed by atoms with Crippen molar-refractivity contribution in [2.75, 3.05) is 26.4 Å². The minimum Gasteiger partial charge on any atom is -0.481 e. The number of hydrogen-bond acceptors (Lipinski definition) is 6. The normalized spacial score (nSPS) is 16.5. The van der Waals surface area contributed by atoms with E-state index in [0.29, 0.717) is 38.6 Å². The summed E-state index contributed by atoms with van der Waals surface area (Å²) in [6.45, 7) is 12.8. The highest BCUT2D eigenvalue weighted by atomic mass is 28.4. The molecule has 254 valence electrons. The predicted octanol–water partition coefficient (Wildman–Crippen LogP) is 7.42. The third-order valence-corrected chi connectivity index (χ3v) is 15.2. The van der Waals surface area contributed by atoms with Crippen LogP contribution in [0.25, 0.3) is 10.8 Å². The van der Waals surface area contributed by atoms with E-state index in [4.69, 9.17) is 18.9 Å². The van der Waals surface area contributed by atoms with E-state index in [1.165, 1.54) is 16.3 Å². The molecule has 1 aromatic heterocycles. The number of H-pyrrole nitrogens is 1. The Kier molecular flexibility index (Phi) is 9.93. The molecule has 48 heavy (non-hydrogen) atoms. The van der Waals surface area contributed by atoms with E-state index in [1.54, 1.807) is 4.90 Å². The van der Waals surface area contributed by atoms with Gasteiger partial charge in [0.15, 0.2) is 14.0 Å². The van der Waals surface area contributed by atoms with Crippen molar-refractivity contribution < 1.29 is 18.7 Å². The van der Waals surface area contributed by atoms with E-state index >= 15 is 0 Å². The first-order valence-corrected chi connectivity index (χ1v) is 20.2. The molecule has 1 amide bonds. The topological polar surface area (TPSA) is 93.8 Å². The third-order valence-electron chi connectivity index (χ3n) is 10.7. The van der Waals surface area contributed by atoms with Crippen molar-refractivity contribution in [2.24, 2.45) is 0 Å². The summed E-state index contributed by atoms with van der Waals surface area (Å²) in [5.41, 5.74) is 1.58. The van der Waals surface area contributed by atoms with Crippen molar-refractivity contribution >= 4 is 25.0 Å². The zero-order valence-corrected chi connectivity index (χ0v) is 30.0. The molecular weight excluding hydrogens is 619 g/mol. The molecule has 4 aromatic rings. The van der Waals surface area contributed by atoms with Crippen LogP contribution >= 0.6 is 0 Å². The lowest BCUT2D eigenvalue weighted by atomic mass is 9.74. The first-order chi connectivity index (χ1) is 23.0. The minimum atomic E-state index is -2.04. The summed E-state index contributed by atoms with van der Waals surface area (Å²) in [6, 6.07) is 24.5. The lowest BCUT2D eigenvalue weighted by Crippen LogP contribution is -2.54. The Morgan fingerprint density at radius 3 is 2.38 bits per heavy atom. The van der Waals surface area contributed by atoms with Gasteiger partial charge < -0.3 is 23.8 Å². The minimum absolute atomic E-state index is 0.0450. The number of ether oxygens (including phenoxy) is 2. The molecule has 1 N–H and O–H groups in total. The van der Waals surface area contributed by atoms with E-state index in [9.17, 15) is 9.59 Å². The van der Waals surface area contributed by atoms with Crippen LogP contribution in [0.2, 0.25) is 18.1 Å². The zero-order valence-electron chi connectivity index (χ0n) is 29.0. The first-order valence-electron chi connectivity index (χ1n) is 17.3. The largest absolute Gasteiger partial charge is 0.481 e. The molecule has 0 atom stereocenters. The Morgan fingerprint density at radius 2 is 1.69 bits per heavy atom. The molecule has 0 unspecified atom stereocenters. The molecule has 6 rings (SSSR count).